The average molecular weight is 364 g/mol. The summed E-state index contributed by atoms with van der Waals surface area (Å²) in [6, 6.07) is 0. The Balaban J connectivity index is 1.44. The molecule has 2 aliphatic heterocycles. The van der Waals surface area contributed by atoms with Gasteiger partial charge in [-0.25, -0.2) is 0 Å². The number of hydrogen-bond donors (Lipinski definition) is 0. The highest BCUT2D eigenvalue weighted by molar-refractivity contribution is 7.05. The molecule has 0 radical (unpaired) electrons. The summed E-state index contributed by atoms with van der Waals surface area (Å²) < 4.78 is 4.08. The van der Waals surface area contributed by atoms with E-state index in [-0.39, 0.29) is 5.54 Å². The van der Waals surface area contributed by atoms with E-state index in [0.29, 0.717) is 12.3 Å². The zero-order valence-corrected chi connectivity index (χ0v) is 16.2. The number of likely N-dealkylation sites (tertiary alicyclic amines) is 1. The molecule has 1 aromatic heterocycles. The highest BCUT2D eigenvalue weighted by Gasteiger charge is 2.42. The Bertz CT molecular complexity index is 631. The van der Waals surface area contributed by atoms with Crippen LogP contribution in [0.25, 0.3) is 0 Å². The second-order valence-electron chi connectivity index (χ2n) is 8.17. The molecule has 1 saturated carbocycles. The van der Waals surface area contributed by atoms with E-state index in [1.807, 2.05) is 6.92 Å². The first-order valence-corrected chi connectivity index (χ1v) is 10.3. The van der Waals surface area contributed by atoms with Crippen molar-refractivity contribution in [2.24, 2.45) is 5.92 Å². The monoisotopic (exact) mass is 363 g/mol. The number of piperazine rings is 1. The topological polar surface area (TPSA) is 52.6 Å². The SMILES string of the molecule is Cc1nnsc1CN1CCN(C)[C@@]2(CCC(=O)N(CC3CC3)CC2)C1. The van der Waals surface area contributed by atoms with Gasteiger partial charge >= 0.3 is 0 Å². The normalized spacial score (nSPS) is 29.4. The summed E-state index contributed by atoms with van der Waals surface area (Å²) in [6.45, 7) is 8.11. The van der Waals surface area contributed by atoms with Crippen LogP contribution >= 0.6 is 11.5 Å². The van der Waals surface area contributed by atoms with Crippen molar-refractivity contribution in [1.29, 1.82) is 0 Å². The van der Waals surface area contributed by atoms with E-state index in [2.05, 4.69) is 31.3 Å². The Morgan fingerprint density at radius 3 is 2.80 bits per heavy atom. The van der Waals surface area contributed by atoms with Crippen molar-refractivity contribution < 1.29 is 4.79 Å². The summed E-state index contributed by atoms with van der Waals surface area (Å²) in [5.74, 6) is 1.15. The van der Waals surface area contributed by atoms with Crippen molar-refractivity contribution in [2.75, 3.05) is 39.8 Å². The van der Waals surface area contributed by atoms with Gasteiger partial charge in [0.15, 0.2) is 0 Å². The maximum atomic E-state index is 12.6. The van der Waals surface area contributed by atoms with Crippen molar-refractivity contribution in [3.63, 3.8) is 0 Å². The molecule has 3 fully saturated rings. The number of aromatic nitrogens is 2. The lowest BCUT2D eigenvalue weighted by atomic mass is 9.86. The van der Waals surface area contributed by atoms with Gasteiger partial charge < -0.3 is 4.90 Å². The molecular weight excluding hydrogens is 334 g/mol. The Hall–Kier alpha value is -1.05. The van der Waals surface area contributed by atoms with Gasteiger partial charge in [0, 0.05) is 51.2 Å². The van der Waals surface area contributed by atoms with Crippen LogP contribution in [-0.2, 0) is 11.3 Å². The third-order valence-corrected chi connectivity index (χ3v) is 7.18. The van der Waals surface area contributed by atoms with E-state index in [1.54, 1.807) is 0 Å². The fraction of sp³-hybridized carbons (Fsp3) is 0.833. The van der Waals surface area contributed by atoms with Crippen LogP contribution in [0.1, 0.15) is 42.7 Å². The molecule has 2 saturated heterocycles. The van der Waals surface area contributed by atoms with Crippen molar-refractivity contribution >= 4 is 17.4 Å². The Morgan fingerprint density at radius 1 is 1.24 bits per heavy atom. The van der Waals surface area contributed by atoms with E-state index in [4.69, 9.17) is 0 Å². The van der Waals surface area contributed by atoms with Gasteiger partial charge in [0.25, 0.3) is 0 Å². The van der Waals surface area contributed by atoms with Gasteiger partial charge in [-0.05, 0) is 57.1 Å². The van der Waals surface area contributed by atoms with Gasteiger partial charge in [0.2, 0.25) is 5.91 Å². The molecule has 1 aliphatic carbocycles. The first kappa shape index (κ1) is 17.4. The first-order valence-electron chi connectivity index (χ1n) is 9.55. The van der Waals surface area contributed by atoms with Crippen molar-refractivity contribution in [3.8, 4) is 0 Å². The predicted molar refractivity (Wildman–Crippen MR) is 98.4 cm³/mol. The van der Waals surface area contributed by atoms with Crippen LogP contribution in [0.2, 0.25) is 0 Å². The Morgan fingerprint density at radius 2 is 2.08 bits per heavy atom. The van der Waals surface area contributed by atoms with Gasteiger partial charge in [-0.15, -0.1) is 5.10 Å². The Labute approximate surface area is 154 Å². The molecule has 0 bridgehead atoms. The maximum Gasteiger partial charge on any atom is 0.222 e. The molecule has 3 aliphatic rings. The zero-order chi connectivity index (χ0) is 17.4. The Kier molecular flexibility index (Phi) is 4.81. The summed E-state index contributed by atoms with van der Waals surface area (Å²) in [5, 5.41) is 4.15. The molecule has 1 atom stereocenters. The molecule has 0 aromatic carbocycles. The number of hydrogen-bond acceptors (Lipinski definition) is 6. The van der Waals surface area contributed by atoms with Gasteiger partial charge in [0.1, 0.15) is 0 Å². The van der Waals surface area contributed by atoms with Crippen LogP contribution in [0.15, 0.2) is 0 Å². The summed E-state index contributed by atoms with van der Waals surface area (Å²) in [5.41, 5.74) is 1.20. The number of likely N-dealkylation sites (N-methyl/N-ethyl adjacent to an activating group) is 1. The van der Waals surface area contributed by atoms with Gasteiger partial charge in [-0.2, -0.15) is 0 Å². The minimum Gasteiger partial charge on any atom is -0.342 e. The van der Waals surface area contributed by atoms with Crippen molar-refractivity contribution in [2.45, 2.75) is 51.1 Å². The molecule has 1 spiro atoms. The fourth-order valence-corrected chi connectivity index (χ4v) is 4.99. The molecule has 7 heteroatoms. The highest BCUT2D eigenvalue weighted by Crippen LogP contribution is 2.35. The number of aryl methyl sites for hydroxylation is 1. The van der Waals surface area contributed by atoms with Crippen LogP contribution in [0.3, 0.4) is 0 Å². The van der Waals surface area contributed by atoms with E-state index < -0.39 is 0 Å². The molecule has 25 heavy (non-hydrogen) atoms. The minimum absolute atomic E-state index is 0.137. The number of carbonyl (C=O) groups is 1. The van der Waals surface area contributed by atoms with E-state index in [1.165, 1.54) is 29.3 Å². The molecule has 1 aromatic rings. The molecular formula is C18H29N5OS. The quantitative estimate of drug-likeness (QED) is 0.816. The number of carbonyl (C=O) groups excluding carboxylic acids is 1. The number of rotatable bonds is 4. The lowest BCUT2D eigenvalue weighted by Crippen LogP contribution is -2.60. The summed E-state index contributed by atoms with van der Waals surface area (Å²) >= 11 is 1.52. The zero-order valence-electron chi connectivity index (χ0n) is 15.4. The third-order valence-electron chi connectivity index (χ3n) is 6.37. The summed E-state index contributed by atoms with van der Waals surface area (Å²) in [7, 11) is 2.25. The predicted octanol–water partition coefficient (Wildman–Crippen LogP) is 1.76. The minimum atomic E-state index is 0.137. The van der Waals surface area contributed by atoms with Crippen LogP contribution < -0.4 is 0 Å². The van der Waals surface area contributed by atoms with Crippen LogP contribution in [-0.4, -0.2) is 75.5 Å². The molecule has 0 N–H and O–H groups in total. The molecule has 1 amide bonds. The van der Waals surface area contributed by atoms with Crippen LogP contribution in [0.4, 0.5) is 0 Å². The molecule has 3 heterocycles. The standard InChI is InChI=1S/C18H29N5OS/c1-14-16(25-20-19-14)12-22-10-9-21(2)18(13-22)6-5-17(24)23(8-7-18)11-15-3-4-15/h15H,3-13H2,1-2H3/t18-/m1/s1. The smallest absolute Gasteiger partial charge is 0.222 e. The maximum absolute atomic E-state index is 12.6. The first-order chi connectivity index (χ1) is 12.1. The van der Waals surface area contributed by atoms with Gasteiger partial charge in [-0.3, -0.25) is 14.6 Å². The van der Waals surface area contributed by atoms with E-state index in [0.717, 1.165) is 63.7 Å². The van der Waals surface area contributed by atoms with Gasteiger partial charge in [-0.1, -0.05) is 4.49 Å². The second kappa shape index (κ2) is 6.93. The lowest BCUT2D eigenvalue weighted by molar-refractivity contribution is -0.131. The highest BCUT2D eigenvalue weighted by atomic mass is 32.1. The van der Waals surface area contributed by atoms with Crippen molar-refractivity contribution in [3.05, 3.63) is 10.6 Å². The summed E-state index contributed by atoms with van der Waals surface area (Å²) in [6.07, 6.45) is 5.40. The number of amides is 1. The molecule has 138 valence electrons. The number of nitrogens with zero attached hydrogens (tertiary/aromatic N) is 5. The molecule has 6 nitrogen and oxygen atoms in total. The average Bonchev–Trinajstić information content (AvgIpc) is 3.35. The molecule has 0 unspecified atom stereocenters. The van der Waals surface area contributed by atoms with Crippen molar-refractivity contribution in [1.82, 2.24) is 24.3 Å². The van der Waals surface area contributed by atoms with E-state index in [9.17, 15) is 4.79 Å². The van der Waals surface area contributed by atoms with Crippen LogP contribution in [0.5, 0.6) is 0 Å². The van der Waals surface area contributed by atoms with E-state index >= 15 is 0 Å². The largest absolute Gasteiger partial charge is 0.342 e. The lowest BCUT2D eigenvalue weighted by Gasteiger charge is -2.49. The van der Waals surface area contributed by atoms with Gasteiger partial charge in [0.05, 0.1) is 10.6 Å². The molecule has 4 rings (SSSR count). The fourth-order valence-electron chi connectivity index (χ4n) is 4.31. The van der Waals surface area contributed by atoms with Crippen LogP contribution in [0, 0.1) is 12.8 Å². The summed E-state index contributed by atoms with van der Waals surface area (Å²) in [4.78, 5) is 21.1. The third kappa shape index (κ3) is 3.73. The second-order valence-corrected chi connectivity index (χ2v) is 9.01.